The van der Waals surface area contributed by atoms with E-state index >= 15 is 0 Å². The number of hydrogen-bond acceptors (Lipinski definition) is 4. The van der Waals surface area contributed by atoms with Crippen molar-refractivity contribution in [3.63, 3.8) is 0 Å². The average molecular weight is 392 g/mol. The van der Waals surface area contributed by atoms with Crippen molar-refractivity contribution < 1.29 is 14.3 Å². The number of ether oxygens (including phenoxy) is 1. The first-order valence-corrected chi connectivity index (χ1v) is 8.23. The van der Waals surface area contributed by atoms with Crippen LogP contribution in [0.1, 0.15) is 18.9 Å². The molecular weight excluding hydrogens is 374 g/mol. The Balaban J connectivity index is 1.72. The minimum Gasteiger partial charge on any atom is -0.481 e. The van der Waals surface area contributed by atoms with Crippen molar-refractivity contribution >= 4 is 27.7 Å². The molecule has 1 heterocycles. The first-order chi connectivity index (χ1) is 11.5. The van der Waals surface area contributed by atoms with Crippen molar-refractivity contribution in [2.45, 2.75) is 25.9 Å². The zero-order valence-corrected chi connectivity index (χ0v) is 14.7. The monoisotopic (exact) mass is 391 g/mol. The average Bonchev–Trinajstić information content (AvgIpc) is 2.58. The summed E-state index contributed by atoms with van der Waals surface area (Å²) in [7, 11) is 0. The largest absolute Gasteiger partial charge is 0.481 e. The second kappa shape index (κ2) is 9.02. The maximum absolute atomic E-state index is 11.9. The van der Waals surface area contributed by atoms with Crippen LogP contribution in [0.25, 0.3) is 0 Å². The first-order valence-electron chi connectivity index (χ1n) is 7.44. The highest BCUT2D eigenvalue weighted by atomic mass is 79.9. The number of aromatic nitrogens is 1. The summed E-state index contributed by atoms with van der Waals surface area (Å²) in [6, 6.07) is 10.9. The highest BCUT2D eigenvalue weighted by Gasteiger charge is 2.15. The fraction of sp³-hybridized carbons (Fsp3) is 0.235. The molecular formula is C17H18BrN3O3. The Morgan fingerprint density at radius 1 is 1.25 bits per heavy atom. The van der Waals surface area contributed by atoms with Crippen LogP contribution in [0.15, 0.2) is 53.3 Å². The van der Waals surface area contributed by atoms with Gasteiger partial charge in [-0.2, -0.15) is 0 Å². The number of nitrogens with one attached hydrogen (secondary N) is 2. The third-order valence-electron chi connectivity index (χ3n) is 3.17. The number of carbonyl (C=O) groups excluding carboxylic acids is 2. The van der Waals surface area contributed by atoms with E-state index in [0.29, 0.717) is 12.2 Å². The molecule has 0 aliphatic heterocycles. The molecule has 2 rings (SSSR count). The van der Waals surface area contributed by atoms with Gasteiger partial charge >= 0.3 is 0 Å². The van der Waals surface area contributed by atoms with Crippen molar-refractivity contribution in [2.75, 3.05) is 0 Å². The Morgan fingerprint density at radius 3 is 2.79 bits per heavy atom. The Hall–Kier alpha value is -2.41. The van der Waals surface area contributed by atoms with Gasteiger partial charge in [0.15, 0.2) is 6.10 Å². The van der Waals surface area contributed by atoms with Crippen LogP contribution in [0.2, 0.25) is 0 Å². The molecule has 1 aromatic carbocycles. The SMILES string of the molecule is CC(Oc1cccc(Br)c1)C(=O)NNC(=O)CCc1cccnc1. The molecule has 0 saturated carbocycles. The van der Waals surface area contributed by atoms with Gasteiger partial charge in [-0.25, -0.2) is 0 Å². The molecule has 1 atom stereocenters. The van der Waals surface area contributed by atoms with Gasteiger partial charge in [-0.1, -0.05) is 28.1 Å². The molecule has 6 nitrogen and oxygen atoms in total. The number of hydrogen-bond donors (Lipinski definition) is 2. The lowest BCUT2D eigenvalue weighted by atomic mass is 10.1. The number of benzene rings is 1. The van der Waals surface area contributed by atoms with Crippen molar-refractivity contribution in [3.05, 3.63) is 58.8 Å². The van der Waals surface area contributed by atoms with Crippen LogP contribution in [-0.4, -0.2) is 22.9 Å². The third kappa shape index (κ3) is 6.00. The molecule has 24 heavy (non-hydrogen) atoms. The predicted molar refractivity (Wildman–Crippen MR) is 93.1 cm³/mol. The molecule has 0 saturated heterocycles. The van der Waals surface area contributed by atoms with E-state index in [9.17, 15) is 9.59 Å². The molecule has 2 amide bonds. The lowest BCUT2D eigenvalue weighted by Crippen LogP contribution is -2.47. The van der Waals surface area contributed by atoms with Crippen LogP contribution < -0.4 is 15.6 Å². The lowest BCUT2D eigenvalue weighted by molar-refractivity contribution is -0.132. The number of carbonyl (C=O) groups is 2. The fourth-order valence-electron chi connectivity index (χ4n) is 1.90. The molecule has 0 bridgehead atoms. The predicted octanol–water partition coefficient (Wildman–Crippen LogP) is 2.39. The maximum atomic E-state index is 11.9. The van der Waals surface area contributed by atoms with Crippen LogP contribution in [0, 0.1) is 0 Å². The number of amides is 2. The summed E-state index contributed by atoms with van der Waals surface area (Å²) in [6.45, 7) is 1.61. The van der Waals surface area contributed by atoms with E-state index in [-0.39, 0.29) is 12.3 Å². The smallest absolute Gasteiger partial charge is 0.279 e. The van der Waals surface area contributed by atoms with Gasteiger partial charge < -0.3 is 4.74 Å². The molecule has 2 N–H and O–H groups in total. The van der Waals surface area contributed by atoms with Gasteiger partial charge in [0, 0.05) is 23.3 Å². The molecule has 1 unspecified atom stereocenters. The Bertz CT molecular complexity index is 694. The topological polar surface area (TPSA) is 80.3 Å². The minimum atomic E-state index is -0.738. The van der Waals surface area contributed by atoms with Crippen LogP contribution in [0.3, 0.4) is 0 Å². The van der Waals surface area contributed by atoms with E-state index in [1.165, 1.54) is 0 Å². The molecule has 2 aromatic rings. The number of pyridine rings is 1. The van der Waals surface area contributed by atoms with Crippen LogP contribution in [-0.2, 0) is 16.0 Å². The van der Waals surface area contributed by atoms with Crippen LogP contribution in [0.5, 0.6) is 5.75 Å². The van der Waals surface area contributed by atoms with Gasteiger partial charge in [-0.15, -0.1) is 0 Å². The van der Waals surface area contributed by atoms with Crippen molar-refractivity contribution in [3.8, 4) is 5.75 Å². The molecule has 0 radical (unpaired) electrons. The standard InChI is InChI=1S/C17H18BrN3O3/c1-12(24-15-6-2-5-14(18)10-15)17(23)21-20-16(22)8-7-13-4-3-9-19-11-13/h2-6,9-12H,7-8H2,1H3,(H,20,22)(H,21,23). The summed E-state index contributed by atoms with van der Waals surface area (Å²) >= 11 is 3.33. The number of halogens is 1. The summed E-state index contributed by atoms with van der Waals surface area (Å²) < 4.78 is 6.37. The normalized spacial score (nSPS) is 11.4. The summed E-state index contributed by atoms with van der Waals surface area (Å²) in [6.07, 6.45) is 3.46. The quantitative estimate of drug-likeness (QED) is 0.740. The second-order valence-corrected chi connectivity index (χ2v) is 6.03. The van der Waals surface area contributed by atoms with Crippen LogP contribution >= 0.6 is 15.9 Å². The van der Waals surface area contributed by atoms with Gasteiger partial charge in [0.2, 0.25) is 5.91 Å². The fourth-order valence-corrected chi connectivity index (χ4v) is 2.28. The summed E-state index contributed by atoms with van der Waals surface area (Å²) in [5, 5.41) is 0. The minimum absolute atomic E-state index is 0.257. The Morgan fingerprint density at radius 2 is 2.08 bits per heavy atom. The van der Waals surface area contributed by atoms with E-state index in [4.69, 9.17) is 4.74 Å². The van der Waals surface area contributed by atoms with Crippen molar-refractivity contribution in [1.29, 1.82) is 0 Å². The Kier molecular flexibility index (Phi) is 6.74. The third-order valence-corrected chi connectivity index (χ3v) is 3.66. The number of rotatable bonds is 6. The van der Waals surface area contributed by atoms with E-state index in [0.717, 1.165) is 10.0 Å². The molecule has 126 valence electrons. The van der Waals surface area contributed by atoms with Gasteiger partial charge in [0.25, 0.3) is 5.91 Å². The summed E-state index contributed by atoms with van der Waals surface area (Å²) in [5.41, 5.74) is 5.71. The maximum Gasteiger partial charge on any atom is 0.279 e. The molecule has 7 heteroatoms. The van der Waals surface area contributed by atoms with E-state index in [1.807, 2.05) is 24.3 Å². The zero-order chi connectivity index (χ0) is 17.4. The molecule has 0 fully saturated rings. The van der Waals surface area contributed by atoms with Gasteiger partial charge in [-0.3, -0.25) is 25.4 Å². The highest BCUT2D eigenvalue weighted by molar-refractivity contribution is 9.10. The van der Waals surface area contributed by atoms with Crippen LogP contribution in [0.4, 0.5) is 0 Å². The van der Waals surface area contributed by atoms with Crippen molar-refractivity contribution in [1.82, 2.24) is 15.8 Å². The molecule has 0 aliphatic carbocycles. The van der Waals surface area contributed by atoms with Gasteiger partial charge in [0.1, 0.15) is 5.75 Å². The summed E-state index contributed by atoms with van der Waals surface area (Å²) in [5.74, 6) is -0.138. The van der Waals surface area contributed by atoms with Gasteiger partial charge in [0.05, 0.1) is 0 Å². The highest BCUT2D eigenvalue weighted by Crippen LogP contribution is 2.18. The van der Waals surface area contributed by atoms with E-state index in [1.54, 1.807) is 31.5 Å². The number of nitrogens with zero attached hydrogens (tertiary/aromatic N) is 1. The molecule has 0 aliphatic rings. The van der Waals surface area contributed by atoms with E-state index < -0.39 is 12.0 Å². The first kappa shape index (κ1) is 17.9. The lowest BCUT2D eigenvalue weighted by Gasteiger charge is -2.15. The van der Waals surface area contributed by atoms with Crippen molar-refractivity contribution in [2.24, 2.45) is 0 Å². The van der Waals surface area contributed by atoms with E-state index in [2.05, 4.69) is 31.8 Å². The number of hydrazine groups is 1. The molecule has 0 spiro atoms. The Labute approximate surface area is 148 Å². The van der Waals surface area contributed by atoms with Gasteiger partial charge in [-0.05, 0) is 43.2 Å². The molecule has 1 aromatic heterocycles. The number of aryl methyl sites for hydroxylation is 1. The summed E-state index contributed by atoms with van der Waals surface area (Å²) in [4.78, 5) is 27.7. The second-order valence-electron chi connectivity index (χ2n) is 5.12. The zero-order valence-electron chi connectivity index (χ0n) is 13.2.